The van der Waals surface area contributed by atoms with Crippen molar-refractivity contribution in [2.24, 2.45) is 0 Å². The number of aliphatic hydroxyl groups is 1. The number of halogens is 1. The lowest BCUT2D eigenvalue weighted by molar-refractivity contribution is -0.132. The van der Waals surface area contributed by atoms with Gasteiger partial charge in [0, 0.05) is 23.7 Å². The van der Waals surface area contributed by atoms with E-state index in [1.54, 1.807) is 60.9 Å². The standard InChI is InChI=1S/C33H25FN4O4S2/c1-20-5-2-3-6-24(20)18-42-26-14-10-22(11-15-26)29(39)27-28(23-7-4-16-35-17-23)38(31(41)30(27)40)32-36-37-33(44-32)43-19-21-8-12-25(34)13-9-21/h2-17,28,39H,18-19H2,1H3/b29-27+. The summed E-state index contributed by atoms with van der Waals surface area (Å²) >= 11 is 2.53. The van der Waals surface area contributed by atoms with Gasteiger partial charge in [0.15, 0.2) is 4.34 Å². The molecule has 220 valence electrons. The van der Waals surface area contributed by atoms with E-state index >= 15 is 0 Å². The summed E-state index contributed by atoms with van der Waals surface area (Å²) in [5, 5.41) is 20.1. The van der Waals surface area contributed by atoms with Crippen LogP contribution in [-0.4, -0.2) is 32.0 Å². The number of pyridine rings is 1. The summed E-state index contributed by atoms with van der Waals surface area (Å²) in [5.74, 6) is -1.19. The van der Waals surface area contributed by atoms with E-state index in [2.05, 4.69) is 15.2 Å². The number of ketones is 1. The molecule has 11 heteroatoms. The maximum Gasteiger partial charge on any atom is 0.301 e. The first-order chi connectivity index (χ1) is 21.4. The highest BCUT2D eigenvalue weighted by Gasteiger charge is 2.48. The predicted molar refractivity (Wildman–Crippen MR) is 167 cm³/mol. The van der Waals surface area contributed by atoms with Crippen LogP contribution in [0.15, 0.2) is 107 Å². The summed E-state index contributed by atoms with van der Waals surface area (Å²) in [6.07, 6.45) is 3.13. The minimum Gasteiger partial charge on any atom is -0.507 e. The molecule has 2 aromatic heterocycles. The average Bonchev–Trinajstić information content (AvgIpc) is 3.62. The van der Waals surface area contributed by atoms with Crippen LogP contribution in [-0.2, 0) is 21.9 Å². The average molecular weight is 625 g/mol. The predicted octanol–water partition coefficient (Wildman–Crippen LogP) is 6.88. The van der Waals surface area contributed by atoms with Gasteiger partial charge in [0.25, 0.3) is 5.78 Å². The zero-order chi connectivity index (χ0) is 30.6. The third-order valence-electron chi connectivity index (χ3n) is 7.11. The number of ether oxygens (including phenoxy) is 1. The van der Waals surface area contributed by atoms with Gasteiger partial charge in [-0.05, 0) is 71.6 Å². The summed E-state index contributed by atoms with van der Waals surface area (Å²) in [7, 11) is 0. The molecule has 1 unspecified atom stereocenters. The Balaban J connectivity index is 1.28. The molecule has 0 radical (unpaired) electrons. The summed E-state index contributed by atoms with van der Waals surface area (Å²) < 4.78 is 19.8. The van der Waals surface area contributed by atoms with Crippen molar-refractivity contribution in [1.82, 2.24) is 15.2 Å². The molecule has 0 spiro atoms. The van der Waals surface area contributed by atoms with Gasteiger partial charge in [0.05, 0.1) is 11.6 Å². The van der Waals surface area contributed by atoms with Gasteiger partial charge in [-0.3, -0.25) is 19.5 Å². The summed E-state index contributed by atoms with van der Waals surface area (Å²) in [6.45, 7) is 2.40. The lowest BCUT2D eigenvalue weighted by atomic mass is 9.96. The normalized spacial score (nSPS) is 16.0. The van der Waals surface area contributed by atoms with Gasteiger partial charge in [0.1, 0.15) is 23.9 Å². The van der Waals surface area contributed by atoms with Crippen molar-refractivity contribution in [3.63, 3.8) is 0 Å². The quantitative estimate of drug-likeness (QED) is 0.0622. The largest absolute Gasteiger partial charge is 0.507 e. The second-order valence-electron chi connectivity index (χ2n) is 9.96. The van der Waals surface area contributed by atoms with Crippen LogP contribution in [0.5, 0.6) is 5.75 Å². The molecule has 0 bridgehead atoms. The molecule has 1 aliphatic heterocycles. The van der Waals surface area contributed by atoms with E-state index in [-0.39, 0.29) is 22.3 Å². The summed E-state index contributed by atoms with van der Waals surface area (Å²) in [4.78, 5) is 32.3. The van der Waals surface area contributed by atoms with Gasteiger partial charge in [-0.15, -0.1) is 10.2 Å². The molecule has 5 aromatic rings. The highest BCUT2D eigenvalue weighted by Crippen LogP contribution is 2.44. The molecule has 8 nitrogen and oxygen atoms in total. The molecular formula is C33H25FN4O4S2. The van der Waals surface area contributed by atoms with Crippen LogP contribution in [0.25, 0.3) is 5.76 Å². The van der Waals surface area contributed by atoms with Crippen molar-refractivity contribution in [2.75, 3.05) is 4.90 Å². The number of Topliss-reactive ketones (excluding diaryl/α,β-unsaturated/α-hetero) is 1. The van der Waals surface area contributed by atoms with E-state index in [1.165, 1.54) is 28.8 Å². The topological polar surface area (TPSA) is 106 Å². The minimum absolute atomic E-state index is 0.0766. The monoisotopic (exact) mass is 624 g/mol. The number of anilines is 1. The van der Waals surface area contributed by atoms with Crippen molar-refractivity contribution >= 4 is 45.7 Å². The first-order valence-corrected chi connectivity index (χ1v) is 15.4. The van der Waals surface area contributed by atoms with Gasteiger partial charge >= 0.3 is 5.91 Å². The maximum atomic E-state index is 13.5. The van der Waals surface area contributed by atoms with Crippen molar-refractivity contribution < 1.29 is 23.8 Å². The van der Waals surface area contributed by atoms with Crippen LogP contribution < -0.4 is 9.64 Å². The number of hydrogen-bond acceptors (Lipinski definition) is 9. The van der Waals surface area contributed by atoms with Gasteiger partial charge in [-0.2, -0.15) is 0 Å². The van der Waals surface area contributed by atoms with Crippen LogP contribution in [0.3, 0.4) is 0 Å². The highest BCUT2D eigenvalue weighted by molar-refractivity contribution is 8.00. The number of benzene rings is 3. The Morgan fingerprint density at radius 3 is 2.50 bits per heavy atom. The molecular weight excluding hydrogens is 600 g/mol. The van der Waals surface area contributed by atoms with Crippen molar-refractivity contribution in [2.45, 2.75) is 29.7 Å². The SMILES string of the molecule is Cc1ccccc1COc1ccc(/C(O)=C2\C(=O)C(=O)N(c3nnc(SCc4ccc(F)cc4)s3)C2c2cccnc2)cc1. The Labute approximate surface area is 260 Å². The van der Waals surface area contributed by atoms with Gasteiger partial charge < -0.3 is 9.84 Å². The number of aromatic nitrogens is 3. The van der Waals surface area contributed by atoms with E-state index < -0.39 is 17.7 Å². The third kappa shape index (κ3) is 6.10. The number of carbonyl (C=O) groups excluding carboxylic acids is 2. The number of thioether (sulfide) groups is 1. The smallest absolute Gasteiger partial charge is 0.301 e. The molecule has 0 aliphatic carbocycles. The van der Waals surface area contributed by atoms with E-state index in [0.29, 0.717) is 33.6 Å². The molecule has 1 N–H and O–H groups in total. The first-order valence-electron chi connectivity index (χ1n) is 13.6. The molecule has 1 saturated heterocycles. The zero-order valence-electron chi connectivity index (χ0n) is 23.4. The molecule has 3 aromatic carbocycles. The second kappa shape index (κ2) is 12.8. The molecule has 1 fully saturated rings. The Morgan fingerprint density at radius 2 is 1.77 bits per heavy atom. The van der Waals surface area contributed by atoms with Crippen LogP contribution in [0.1, 0.15) is 33.9 Å². The fourth-order valence-corrected chi connectivity index (χ4v) is 6.59. The number of amides is 1. The van der Waals surface area contributed by atoms with Crippen molar-refractivity contribution in [1.29, 1.82) is 0 Å². The fraction of sp³-hybridized carbons (Fsp3) is 0.121. The number of carbonyl (C=O) groups is 2. The molecule has 1 amide bonds. The number of rotatable bonds is 9. The second-order valence-corrected chi connectivity index (χ2v) is 12.1. The van der Waals surface area contributed by atoms with E-state index in [9.17, 15) is 19.1 Å². The van der Waals surface area contributed by atoms with Crippen LogP contribution in [0.4, 0.5) is 9.52 Å². The summed E-state index contributed by atoms with van der Waals surface area (Å²) in [5.41, 5.74) is 3.89. The first kappa shape index (κ1) is 29.2. The molecule has 1 atom stereocenters. The highest BCUT2D eigenvalue weighted by atomic mass is 32.2. The fourth-order valence-electron chi connectivity index (χ4n) is 4.76. The van der Waals surface area contributed by atoms with Crippen LogP contribution in [0.2, 0.25) is 0 Å². The Hall–Kier alpha value is -4.87. The molecule has 0 saturated carbocycles. The Morgan fingerprint density at radius 1 is 1.00 bits per heavy atom. The van der Waals surface area contributed by atoms with Crippen molar-refractivity contribution in [3.8, 4) is 5.75 Å². The van der Waals surface area contributed by atoms with Gasteiger partial charge in [-0.25, -0.2) is 4.39 Å². The summed E-state index contributed by atoms with van der Waals surface area (Å²) in [6, 6.07) is 23.3. The molecule has 3 heterocycles. The number of aryl methyl sites for hydroxylation is 1. The number of hydrogen-bond donors (Lipinski definition) is 1. The van der Waals surface area contributed by atoms with Gasteiger partial charge in [0.2, 0.25) is 5.13 Å². The zero-order valence-corrected chi connectivity index (χ0v) is 25.0. The maximum absolute atomic E-state index is 13.5. The molecule has 44 heavy (non-hydrogen) atoms. The third-order valence-corrected chi connectivity index (χ3v) is 9.23. The Bertz CT molecular complexity index is 1840. The van der Waals surface area contributed by atoms with Crippen LogP contribution in [0, 0.1) is 12.7 Å². The van der Waals surface area contributed by atoms with E-state index in [0.717, 1.165) is 28.0 Å². The molecule has 6 rings (SSSR count). The molecule has 1 aliphatic rings. The lowest BCUT2D eigenvalue weighted by Gasteiger charge is -2.22. The van der Waals surface area contributed by atoms with E-state index in [4.69, 9.17) is 4.74 Å². The van der Waals surface area contributed by atoms with Crippen molar-refractivity contribution in [3.05, 3.63) is 137 Å². The van der Waals surface area contributed by atoms with Gasteiger partial charge in [-0.1, -0.05) is 65.6 Å². The lowest BCUT2D eigenvalue weighted by Crippen LogP contribution is -2.29. The number of nitrogens with zero attached hydrogens (tertiary/aromatic N) is 4. The van der Waals surface area contributed by atoms with Crippen LogP contribution >= 0.6 is 23.1 Å². The van der Waals surface area contributed by atoms with E-state index in [1.807, 2.05) is 31.2 Å². The minimum atomic E-state index is -0.969. The number of aliphatic hydroxyl groups excluding tert-OH is 1. The Kier molecular flexibility index (Phi) is 8.49.